The van der Waals surface area contributed by atoms with Gasteiger partial charge in [-0.2, -0.15) is 0 Å². The molecule has 0 amide bonds. The molecule has 0 unspecified atom stereocenters. The van der Waals surface area contributed by atoms with E-state index >= 15 is 0 Å². The first-order chi connectivity index (χ1) is 7.24. The Morgan fingerprint density at radius 1 is 1.53 bits per heavy atom. The molecule has 0 N–H and O–H groups in total. The van der Waals surface area contributed by atoms with Crippen molar-refractivity contribution in [3.05, 3.63) is 52.0 Å². The summed E-state index contributed by atoms with van der Waals surface area (Å²) < 4.78 is 5.79. The van der Waals surface area contributed by atoms with Gasteiger partial charge >= 0.3 is 11.4 Å². The summed E-state index contributed by atoms with van der Waals surface area (Å²) in [5.41, 5.74) is -0.345. The maximum atomic E-state index is 11.4. The second-order valence-corrected chi connectivity index (χ2v) is 2.93. The van der Waals surface area contributed by atoms with Crippen LogP contribution in [0.25, 0.3) is 11.0 Å². The number of rotatable bonds is 2. The Morgan fingerprint density at radius 3 is 3.07 bits per heavy atom. The molecule has 0 saturated carbocycles. The van der Waals surface area contributed by atoms with Crippen LogP contribution < -0.4 is 11.4 Å². The van der Waals surface area contributed by atoms with E-state index in [2.05, 4.69) is 16.0 Å². The molecular formula is C10H8N2O3. The van der Waals surface area contributed by atoms with Gasteiger partial charge in [0.05, 0.1) is 0 Å². The maximum Gasteiger partial charge on any atom is 0.423 e. The van der Waals surface area contributed by atoms with Crippen molar-refractivity contribution in [1.82, 2.24) is 9.55 Å². The summed E-state index contributed by atoms with van der Waals surface area (Å²) in [5.74, 6) is -0.717. The van der Waals surface area contributed by atoms with Crippen molar-refractivity contribution in [2.24, 2.45) is 0 Å². The highest BCUT2D eigenvalue weighted by Crippen LogP contribution is 2.02. The molecule has 0 spiro atoms. The summed E-state index contributed by atoms with van der Waals surface area (Å²) in [6.45, 7) is 3.78. The molecule has 0 radical (unpaired) electrons. The van der Waals surface area contributed by atoms with Crippen LogP contribution in [0.5, 0.6) is 0 Å². The Balaban J connectivity index is 2.96. The minimum atomic E-state index is -0.717. The Kier molecular flexibility index (Phi) is 2.21. The van der Waals surface area contributed by atoms with Gasteiger partial charge in [-0.3, -0.25) is 4.57 Å². The smallest absolute Gasteiger partial charge is 0.372 e. The van der Waals surface area contributed by atoms with Crippen LogP contribution in [0.3, 0.4) is 0 Å². The molecule has 2 heterocycles. The molecule has 2 aromatic heterocycles. The highest BCUT2D eigenvalue weighted by atomic mass is 16.4. The summed E-state index contributed by atoms with van der Waals surface area (Å²) in [5, 5.41) is 0.291. The minimum absolute atomic E-state index is 0.260. The molecule has 76 valence electrons. The normalized spacial score (nSPS) is 10.4. The van der Waals surface area contributed by atoms with Gasteiger partial charge in [0.1, 0.15) is 5.39 Å². The Bertz CT molecular complexity index is 624. The van der Waals surface area contributed by atoms with Gasteiger partial charge < -0.3 is 4.42 Å². The largest absolute Gasteiger partial charge is 0.423 e. The molecule has 0 bridgehead atoms. The van der Waals surface area contributed by atoms with Crippen molar-refractivity contribution in [1.29, 1.82) is 0 Å². The van der Waals surface area contributed by atoms with E-state index in [1.54, 1.807) is 12.1 Å². The van der Waals surface area contributed by atoms with E-state index in [4.69, 9.17) is 0 Å². The zero-order valence-corrected chi connectivity index (χ0v) is 7.84. The van der Waals surface area contributed by atoms with Crippen molar-refractivity contribution < 1.29 is 4.42 Å². The number of hydrogen-bond acceptors (Lipinski definition) is 4. The summed E-state index contributed by atoms with van der Waals surface area (Å²) in [4.78, 5) is 26.6. The Morgan fingerprint density at radius 2 is 2.33 bits per heavy atom. The van der Waals surface area contributed by atoms with Crippen molar-refractivity contribution in [2.75, 3.05) is 0 Å². The predicted octanol–water partition coefficient (Wildman–Crippen LogP) is 0.536. The van der Waals surface area contributed by atoms with E-state index in [0.717, 1.165) is 0 Å². The number of fused-ring (bicyclic) bond motifs is 1. The summed E-state index contributed by atoms with van der Waals surface area (Å²) >= 11 is 0. The molecule has 0 aromatic carbocycles. The maximum absolute atomic E-state index is 11.4. The molecular weight excluding hydrogens is 196 g/mol. The zero-order valence-electron chi connectivity index (χ0n) is 7.84. The minimum Gasteiger partial charge on any atom is -0.372 e. The van der Waals surface area contributed by atoms with Gasteiger partial charge in [-0.25, -0.2) is 14.6 Å². The number of nitrogens with zero attached hydrogens (tertiary/aromatic N) is 2. The lowest BCUT2D eigenvalue weighted by Gasteiger charge is -2.03. The molecule has 15 heavy (non-hydrogen) atoms. The van der Waals surface area contributed by atoms with E-state index in [-0.39, 0.29) is 6.54 Å². The standard InChI is InChI=1S/C10H8N2O3/c1-2-6-12-8-7(4-3-5-11-8)9(13)15-10(12)14/h2-5H,1,6H2. The van der Waals surface area contributed by atoms with E-state index in [1.807, 2.05) is 0 Å². The first-order valence-corrected chi connectivity index (χ1v) is 4.33. The molecule has 5 nitrogen and oxygen atoms in total. The average molecular weight is 204 g/mol. The quantitative estimate of drug-likeness (QED) is 0.669. The third-order valence-electron chi connectivity index (χ3n) is 1.97. The van der Waals surface area contributed by atoms with E-state index < -0.39 is 11.4 Å². The molecule has 5 heteroatoms. The van der Waals surface area contributed by atoms with Gasteiger partial charge in [0.25, 0.3) is 0 Å². The van der Waals surface area contributed by atoms with Gasteiger partial charge in [-0.05, 0) is 12.1 Å². The third kappa shape index (κ3) is 1.48. The molecule has 2 aromatic rings. The topological polar surface area (TPSA) is 65.1 Å². The fourth-order valence-corrected chi connectivity index (χ4v) is 1.34. The SMILES string of the molecule is C=CCn1c(=O)oc(=O)c2cccnc21. The van der Waals surface area contributed by atoms with Crippen LogP contribution in [0.2, 0.25) is 0 Å². The van der Waals surface area contributed by atoms with Crippen molar-refractivity contribution in [3.8, 4) is 0 Å². The van der Waals surface area contributed by atoms with Crippen LogP contribution in [0, 0.1) is 0 Å². The average Bonchev–Trinajstić information content (AvgIpc) is 2.24. The Labute approximate surface area is 84.3 Å². The number of aromatic nitrogens is 2. The van der Waals surface area contributed by atoms with Gasteiger partial charge in [-0.1, -0.05) is 6.08 Å². The summed E-state index contributed by atoms with van der Waals surface area (Å²) in [6.07, 6.45) is 3.05. The summed E-state index contributed by atoms with van der Waals surface area (Å²) in [6, 6.07) is 3.18. The molecule has 0 aliphatic rings. The number of pyridine rings is 1. The monoisotopic (exact) mass is 204 g/mol. The first kappa shape index (κ1) is 9.39. The Hall–Kier alpha value is -2.17. The van der Waals surface area contributed by atoms with Gasteiger partial charge in [0, 0.05) is 12.7 Å². The fraction of sp³-hybridized carbons (Fsp3) is 0.100. The fourth-order valence-electron chi connectivity index (χ4n) is 1.34. The molecule has 0 saturated heterocycles. The van der Waals surface area contributed by atoms with Crippen LogP contribution in [-0.4, -0.2) is 9.55 Å². The van der Waals surface area contributed by atoms with E-state index in [9.17, 15) is 9.59 Å². The van der Waals surface area contributed by atoms with E-state index in [1.165, 1.54) is 16.8 Å². The van der Waals surface area contributed by atoms with Gasteiger partial charge in [0.15, 0.2) is 5.65 Å². The highest BCUT2D eigenvalue weighted by Gasteiger charge is 2.07. The van der Waals surface area contributed by atoms with Crippen LogP contribution in [0.1, 0.15) is 0 Å². The van der Waals surface area contributed by atoms with Crippen LogP contribution in [0.4, 0.5) is 0 Å². The highest BCUT2D eigenvalue weighted by molar-refractivity contribution is 5.72. The first-order valence-electron chi connectivity index (χ1n) is 4.33. The van der Waals surface area contributed by atoms with Crippen LogP contribution in [-0.2, 0) is 6.54 Å². The molecule has 0 aliphatic carbocycles. The lowest BCUT2D eigenvalue weighted by molar-refractivity contribution is 0.425. The lowest BCUT2D eigenvalue weighted by Crippen LogP contribution is -2.25. The lowest BCUT2D eigenvalue weighted by atomic mass is 10.3. The molecule has 0 atom stereocenters. The van der Waals surface area contributed by atoms with Crippen molar-refractivity contribution >= 4 is 11.0 Å². The summed E-state index contributed by atoms with van der Waals surface area (Å²) in [7, 11) is 0. The van der Waals surface area contributed by atoms with Crippen LogP contribution in [0.15, 0.2) is 45.0 Å². The van der Waals surface area contributed by atoms with Crippen LogP contribution >= 0.6 is 0 Å². The second-order valence-electron chi connectivity index (χ2n) is 2.93. The van der Waals surface area contributed by atoms with Crippen molar-refractivity contribution in [3.63, 3.8) is 0 Å². The number of hydrogen-bond donors (Lipinski definition) is 0. The predicted molar refractivity (Wildman–Crippen MR) is 54.7 cm³/mol. The van der Waals surface area contributed by atoms with E-state index in [0.29, 0.717) is 11.0 Å². The molecule has 2 rings (SSSR count). The second kappa shape index (κ2) is 3.53. The van der Waals surface area contributed by atoms with Gasteiger partial charge in [-0.15, -0.1) is 6.58 Å². The molecule has 0 fully saturated rings. The number of allylic oxidation sites excluding steroid dienone is 1. The molecule has 0 aliphatic heterocycles. The zero-order chi connectivity index (χ0) is 10.8. The van der Waals surface area contributed by atoms with Gasteiger partial charge in [0.2, 0.25) is 0 Å². The van der Waals surface area contributed by atoms with Crippen molar-refractivity contribution in [2.45, 2.75) is 6.54 Å². The third-order valence-corrected chi connectivity index (χ3v) is 1.97.